The van der Waals surface area contributed by atoms with E-state index in [1.807, 2.05) is 13.0 Å². The number of fused-ring (bicyclic) bond motifs is 3. The molecule has 2 fully saturated rings. The molecule has 0 radical (unpaired) electrons. The van der Waals surface area contributed by atoms with Gasteiger partial charge in [0.15, 0.2) is 12.4 Å². The lowest BCUT2D eigenvalue weighted by Crippen LogP contribution is -2.60. The highest BCUT2D eigenvalue weighted by Gasteiger charge is 2.51. The lowest BCUT2D eigenvalue weighted by atomic mass is 9.83. The van der Waals surface area contributed by atoms with Crippen LogP contribution in [-0.4, -0.2) is 93.6 Å². The Morgan fingerprint density at radius 2 is 1.88 bits per heavy atom. The van der Waals surface area contributed by atoms with Crippen LogP contribution < -0.4 is 0 Å². The number of phenolic OH excluding ortho intramolecular Hbond substituents is 1. The molecule has 2 heterocycles. The number of esters is 2. The molecule has 5 N–H and O–H groups in total. The zero-order chi connectivity index (χ0) is 28.7. The van der Waals surface area contributed by atoms with Crippen molar-refractivity contribution in [3.8, 4) is 5.75 Å². The van der Waals surface area contributed by atoms with Crippen molar-refractivity contribution in [3.63, 3.8) is 0 Å². The second-order valence-electron chi connectivity index (χ2n) is 10.7. The number of hydrogen-bond acceptors (Lipinski definition) is 11. The minimum atomic E-state index is -1.61. The predicted molar refractivity (Wildman–Crippen MR) is 137 cm³/mol. The first-order chi connectivity index (χ1) is 19.1. The standard InChI is InChI=1S/C29H34O11/c1-13-18-8-5-16(23(18)26-19(10-20(13)32)14(2)28(36)40-26)12-37-29-25(35)24(34)27(21(11-30)38-29)39-22(33)9-15-3-6-17(31)7-4-15/h3-7,19-21,23-27,29-32,34-35H,2,8-12H2,1H3/t19?,20?,21-,23?,24-,25-,26?,27-,29-/m1/s1. The third-order valence-electron chi connectivity index (χ3n) is 8.31. The van der Waals surface area contributed by atoms with E-state index in [1.54, 1.807) is 12.1 Å². The van der Waals surface area contributed by atoms with E-state index in [9.17, 15) is 35.1 Å². The van der Waals surface area contributed by atoms with E-state index in [-0.39, 0.29) is 30.6 Å². The average Bonchev–Trinajstić information content (AvgIpc) is 3.44. The van der Waals surface area contributed by atoms with Crippen LogP contribution in [0.1, 0.15) is 25.3 Å². The third-order valence-corrected chi connectivity index (χ3v) is 8.31. The summed E-state index contributed by atoms with van der Waals surface area (Å²) in [6.07, 6.45) is -5.69. The molecule has 5 rings (SSSR count). The number of aliphatic hydroxyl groups excluding tert-OH is 4. The summed E-state index contributed by atoms with van der Waals surface area (Å²) in [5.41, 5.74) is 3.43. The Hall–Kier alpha value is -3.06. The molecule has 2 aliphatic heterocycles. The lowest BCUT2D eigenvalue weighted by Gasteiger charge is -2.41. The highest BCUT2D eigenvalue weighted by atomic mass is 16.7. The Kier molecular flexibility index (Phi) is 8.14. The molecule has 0 spiro atoms. The van der Waals surface area contributed by atoms with Crippen LogP contribution >= 0.6 is 0 Å². The number of allylic oxidation sites excluding steroid dienone is 1. The van der Waals surface area contributed by atoms with Gasteiger partial charge in [-0.2, -0.15) is 0 Å². The minimum absolute atomic E-state index is 0.0390. The van der Waals surface area contributed by atoms with Gasteiger partial charge < -0.3 is 44.5 Å². The van der Waals surface area contributed by atoms with Gasteiger partial charge in [0.05, 0.1) is 25.7 Å². The molecular formula is C29H34O11. The van der Waals surface area contributed by atoms with E-state index in [1.165, 1.54) is 12.1 Å². The Bertz CT molecular complexity index is 1220. The number of aromatic hydroxyl groups is 1. The van der Waals surface area contributed by atoms with Gasteiger partial charge in [-0.15, -0.1) is 0 Å². The largest absolute Gasteiger partial charge is 0.508 e. The quantitative estimate of drug-likeness (QED) is 0.178. The molecule has 2 aliphatic carbocycles. The van der Waals surface area contributed by atoms with Crippen LogP contribution in [0.2, 0.25) is 0 Å². The molecule has 2 saturated heterocycles. The Labute approximate surface area is 230 Å². The van der Waals surface area contributed by atoms with Crippen molar-refractivity contribution in [2.45, 2.75) is 69.1 Å². The molecule has 9 atom stereocenters. The molecule has 11 heteroatoms. The molecule has 4 aliphatic rings. The molecule has 11 nitrogen and oxygen atoms in total. The SMILES string of the molecule is C=C1C(=O)OC2C1CC(O)C(C)=C1CC=C(CO[C@@H]3O[C@H](CO)[C@@H](OC(=O)Cc4ccc(O)cc4)[C@H](O)[C@H]3O)C12. The van der Waals surface area contributed by atoms with Crippen LogP contribution in [0.15, 0.2) is 59.2 Å². The molecule has 1 aromatic carbocycles. The number of rotatable bonds is 7. The third kappa shape index (κ3) is 5.32. The summed E-state index contributed by atoms with van der Waals surface area (Å²) in [7, 11) is 0. The van der Waals surface area contributed by atoms with E-state index >= 15 is 0 Å². The number of carbonyl (C=O) groups excluding carboxylic acids is 2. The lowest BCUT2D eigenvalue weighted by molar-refractivity contribution is -0.301. The number of aliphatic hydroxyl groups is 4. The summed E-state index contributed by atoms with van der Waals surface area (Å²) in [5, 5.41) is 51.5. The van der Waals surface area contributed by atoms with Crippen LogP contribution in [0.3, 0.4) is 0 Å². The summed E-state index contributed by atoms with van der Waals surface area (Å²) in [6.45, 7) is 5.07. The van der Waals surface area contributed by atoms with E-state index in [4.69, 9.17) is 18.9 Å². The molecule has 40 heavy (non-hydrogen) atoms. The van der Waals surface area contributed by atoms with Crippen molar-refractivity contribution in [1.29, 1.82) is 0 Å². The molecule has 1 aromatic rings. The van der Waals surface area contributed by atoms with Crippen LogP contribution in [0.4, 0.5) is 0 Å². The van der Waals surface area contributed by atoms with Crippen molar-refractivity contribution < 1.29 is 54.1 Å². The fourth-order valence-electron chi connectivity index (χ4n) is 6.01. The number of ether oxygens (including phenoxy) is 4. The minimum Gasteiger partial charge on any atom is -0.508 e. The number of carbonyl (C=O) groups is 2. The van der Waals surface area contributed by atoms with Gasteiger partial charge >= 0.3 is 11.9 Å². The van der Waals surface area contributed by atoms with Crippen molar-refractivity contribution >= 4 is 11.9 Å². The van der Waals surface area contributed by atoms with E-state index in [0.717, 1.165) is 16.7 Å². The number of hydrogen-bond donors (Lipinski definition) is 5. The van der Waals surface area contributed by atoms with Crippen LogP contribution in [0, 0.1) is 11.8 Å². The van der Waals surface area contributed by atoms with Crippen molar-refractivity contribution in [2.24, 2.45) is 11.8 Å². The first kappa shape index (κ1) is 28.5. The molecule has 0 saturated carbocycles. The van der Waals surface area contributed by atoms with Gasteiger partial charge in [-0.05, 0) is 48.6 Å². The molecule has 0 bridgehead atoms. The number of phenols is 1. The topological polar surface area (TPSA) is 172 Å². The second kappa shape index (κ2) is 11.4. The molecular weight excluding hydrogens is 524 g/mol. The normalized spacial score (nSPS) is 35.5. The van der Waals surface area contributed by atoms with Crippen molar-refractivity contribution in [3.05, 3.63) is 64.8 Å². The smallest absolute Gasteiger partial charge is 0.334 e. The van der Waals surface area contributed by atoms with Crippen LogP contribution in [0.5, 0.6) is 5.75 Å². The van der Waals surface area contributed by atoms with E-state index in [0.29, 0.717) is 24.0 Å². The van der Waals surface area contributed by atoms with Gasteiger partial charge in [-0.1, -0.05) is 30.4 Å². The summed E-state index contributed by atoms with van der Waals surface area (Å²) >= 11 is 0. The van der Waals surface area contributed by atoms with Crippen LogP contribution in [0.25, 0.3) is 0 Å². The fourth-order valence-corrected chi connectivity index (χ4v) is 6.01. The van der Waals surface area contributed by atoms with Gasteiger partial charge in [0.25, 0.3) is 0 Å². The predicted octanol–water partition coefficient (Wildman–Crippen LogP) is 0.427. The van der Waals surface area contributed by atoms with Gasteiger partial charge in [-0.3, -0.25) is 4.79 Å². The van der Waals surface area contributed by atoms with Crippen molar-refractivity contribution in [1.82, 2.24) is 0 Å². The van der Waals surface area contributed by atoms with Gasteiger partial charge in [0, 0.05) is 17.4 Å². The maximum Gasteiger partial charge on any atom is 0.334 e. The van der Waals surface area contributed by atoms with Gasteiger partial charge in [-0.25, -0.2) is 4.79 Å². The van der Waals surface area contributed by atoms with Gasteiger partial charge in [0.1, 0.15) is 30.2 Å². The maximum atomic E-state index is 12.5. The van der Waals surface area contributed by atoms with Crippen LogP contribution in [-0.2, 0) is 35.0 Å². The Balaban J connectivity index is 1.24. The first-order valence-electron chi connectivity index (χ1n) is 13.3. The summed E-state index contributed by atoms with van der Waals surface area (Å²) < 4.78 is 22.6. The maximum absolute atomic E-state index is 12.5. The summed E-state index contributed by atoms with van der Waals surface area (Å²) in [4.78, 5) is 24.8. The highest BCUT2D eigenvalue weighted by Crippen LogP contribution is 2.48. The average molecular weight is 559 g/mol. The highest BCUT2D eigenvalue weighted by molar-refractivity contribution is 5.91. The number of benzene rings is 1. The zero-order valence-electron chi connectivity index (χ0n) is 22.0. The zero-order valence-corrected chi connectivity index (χ0v) is 22.0. The van der Waals surface area contributed by atoms with Gasteiger partial charge in [0.2, 0.25) is 0 Å². The monoisotopic (exact) mass is 558 g/mol. The second-order valence-corrected chi connectivity index (χ2v) is 10.7. The molecule has 0 amide bonds. The van der Waals surface area contributed by atoms with Crippen molar-refractivity contribution in [2.75, 3.05) is 13.2 Å². The Morgan fingerprint density at radius 3 is 2.58 bits per heavy atom. The Morgan fingerprint density at radius 1 is 1.15 bits per heavy atom. The molecule has 216 valence electrons. The van der Waals surface area contributed by atoms with E-state index < -0.39 is 61.5 Å². The first-order valence-corrected chi connectivity index (χ1v) is 13.3. The molecule has 4 unspecified atom stereocenters. The summed E-state index contributed by atoms with van der Waals surface area (Å²) in [5.74, 6) is -1.84. The molecule has 0 aromatic heterocycles. The fraction of sp³-hybridized carbons (Fsp3) is 0.517. The van der Waals surface area contributed by atoms with E-state index in [2.05, 4.69) is 6.58 Å². The summed E-state index contributed by atoms with van der Waals surface area (Å²) in [6, 6.07) is 5.94.